The average Bonchev–Trinajstić information content (AvgIpc) is 3.22. The van der Waals surface area contributed by atoms with Crippen LogP contribution in [0, 0.1) is 5.82 Å². The van der Waals surface area contributed by atoms with Crippen molar-refractivity contribution in [2.24, 2.45) is 4.99 Å². The van der Waals surface area contributed by atoms with Crippen LogP contribution in [0.5, 0.6) is 5.75 Å². The van der Waals surface area contributed by atoms with Crippen LogP contribution in [0.3, 0.4) is 0 Å². The van der Waals surface area contributed by atoms with E-state index in [4.69, 9.17) is 9.47 Å². The number of likely N-dealkylation sites (tertiary alicyclic amines) is 1. The van der Waals surface area contributed by atoms with Gasteiger partial charge < -0.3 is 19.7 Å². The van der Waals surface area contributed by atoms with Crippen molar-refractivity contribution in [2.45, 2.75) is 18.4 Å². The number of ether oxygens (including phenoxy) is 2. The molecular weight excluding hydrogens is 357 g/mol. The van der Waals surface area contributed by atoms with E-state index in [1.54, 1.807) is 33.4 Å². The summed E-state index contributed by atoms with van der Waals surface area (Å²) in [6, 6.07) is 14.7. The molecule has 0 bridgehead atoms. The van der Waals surface area contributed by atoms with Crippen LogP contribution >= 0.6 is 0 Å². The highest BCUT2D eigenvalue weighted by molar-refractivity contribution is 5.80. The lowest BCUT2D eigenvalue weighted by Gasteiger charge is -2.24. The molecule has 2 unspecified atom stereocenters. The molecule has 1 fully saturated rings. The van der Waals surface area contributed by atoms with Gasteiger partial charge in [0.25, 0.3) is 0 Å². The molecule has 6 heteroatoms. The molecule has 2 atom stereocenters. The zero-order valence-corrected chi connectivity index (χ0v) is 16.7. The van der Waals surface area contributed by atoms with Crippen LogP contribution in [0.25, 0.3) is 0 Å². The van der Waals surface area contributed by atoms with Gasteiger partial charge in [0, 0.05) is 39.7 Å². The van der Waals surface area contributed by atoms with E-state index in [2.05, 4.69) is 27.3 Å². The first-order chi connectivity index (χ1) is 13.6. The summed E-state index contributed by atoms with van der Waals surface area (Å²) in [6.45, 7) is 2.43. The molecule has 0 spiro atoms. The van der Waals surface area contributed by atoms with Gasteiger partial charge in [-0.2, -0.15) is 0 Å². The second kappa shape index (κ2) is 9.55. The minimum absolute atomic E-state index is 0.169. The number of benzene rings is 2. The van der Waals surface area contributed by atoms with Gasteiger partial charge in [0.2, 0.25) is 0 Å². The molecule has 0 aliphatic carbocycles. The highest BCUT2D eigenvalue weighted by atomic mass is 19.1. The second-order valence-electron chi connectivity index (χ2n) is 6.91. The molecule has 0 amide bonds. The Labute approximate surface area is 166 Å². The molecule has 1 aliphatic heterocycles. The molecule has 2 aromatic carbocycles. The largest absolute Gasteiger partial charge is 0.497 e. The quantitative estimate of drug-likeness (QED) is 0.610. The zero-order valence-electron chi connectivity index (χ0n) is 16.7. The Morgan fingerprint density at radius 2 is 1.89 bits per heavy atom. The van der Waals surface area contributed by atoms with E-state index in [1.807, 2.05) is 12.1 Å². The summed E-state index contributed by atoms with van der Waals surface area (Å²) in [6.07, 6.45) is 0.913. The van der Waals surface area contributed by atoms with Gasteiger partial charge >= 0.3 is 0 Å². The Balaban J connectivity index is 1.58. The number of nitrogens with zero attached hydrogens (tertiary/aromatic N) is 2. The predicted molar refractivity (Wildman–Crippen MR) is 109 cm³/mol. The fraction of sp³-hybridized carbons (Fsp3) is 0.409. The summed E-state index contributed by atoms with van der Waals surface area (Å²) in [4.78, 5) is 6.71. The molecule has 1 N–H and O–H groups in total. The predicted octanol–water partition coefficient (Wildman–Crippen LogP) is 3.59. The first-order valence-corrected chi connectivity index (χ1v) is 9.52. The van der Waals surface area contributed by atoms with Crippen molar-refractivity contribution in [3.05, 3.63) is 65.5 Å². The van der Waals surface area contributed by atoms with Crippen LogP contribution in [-0.2, 0) is 4.74 Å². The molecule has 1 heterocycles. The summed E-state index contributed by atoms with van der Waals surface area (Å²) < 4.78 is 24.0. The van der Waals surface area contributed by atoms with Crippen molar-refractivity contribution >= 4 is 5.96 Å². The van der Waals surface area contributed by atoms with Crippen LogP contribution in [0.15, 0.2) is 53.5 Å². The van der Waals surface area contributed by atoms with E-state index < -0.39 is 0 Å². The monoisotopic (exact) mass is 385 g/mol. The number of aliphatic imine (C=N–C) groups is 1. The Hall–Kier alpha value is -2.60. The van der Waals surface area contributed by atoms with Crippen molar-refractivity contribution in [1.29, 1.82) is 0 Å². The lowest BCUT2D eigenvalue weighted by atomic mass is 9.98. The van der Waals surface area contributed by atoms with Crippen LogP contribution < -0.4 is 10.1 Å². The van der Waals surface area contributed by atoms with Gasteiger partial charge in [0.1, 0.15) is 11.6 Å². The smallest absolute Gasteiger partial charge is 0.193 e. The van der Waals surface area contributed by atoms with Crippen molar-refractivity contribution in [2.75, 3.05) is 40.9 Å². The number of hydrogen-bond donors (Lipinski definition) is 1. The van der Waals surface area contributed by atoms with Gasteiger partial charge in [-0.15, -0.1) is 0 Å². The third-order valence-corrected chi connectivity index (χ3v) is 5.26. The van der Waals surface area contributed by atoms with Gasteiger partial charge in [-0.3, -0.25) is 4.99 Å². The van der Waals surface area contributed by atoms with E-state index in [0.717, 1.165) is 36.8 Å². The maximum atomic E-state index is 13.2. The van der Waals surface area contributed by atoms with E-state index >= 15 is 0 Å². The number of nitrogens with one attached hydrogen (secondary N) is 1. The van der Waals surface area contributed by atoms with Crippen molar-refractivity contribution < 1.29 is 13.9 Å². The third-order valence-electron chi connectivity index (χ3n) is 5.26. The van der Waals surface area contributed by atoms with Crippen LogP contribution in [0.2, 0.25) is 0 Å². The summed E-state index contributed by atoms with van der Waals surface area (Å²) >= 11 is 0. The Kier molecular flexibility index (Phi) is 6.87. The van der Waals surface area contributed by atoms with Crippen molar-refractivity contribution in [3.63, 3.8) is 0 Å². The molecule has 0 aromatic heterocycles. The zero-order chi connectivity index (χ0) is 19.9. The fourth-order valence-corrected chi connectivity index (χ4v) is 3.63. The number of halogens is 1. The molecule has 0 radical (unpaired) electrons. The van der Waals surface area contributed by atoms with Crippen LogP contribution in [0.1, 0.15) is 29.6 Å². The minimum atomic E-state index is -0.246. The van der Waals surface area contributed by atoms with Crippen LogP contribution in [0.4, 0.5) is 4.39 Å². The summed E-state index contributed by atoms with van der Waals surface area (Å²) in [5, 5.41) is 3.40. The minimum Gasteiger partial charge on any atom is -0.497 e. The van der Waals surface area contributed by atoms with E-state index in [0.29, 0.717) is 12.5 Å². The molecule has 3 rings (SSSR count). The van der Waals surface area contributed by atoms with Gasteiger partial charge in [0.05, 0.1) is 13.2 Å². The average molecular weight is 385 g/mol. The number of hydrogen-bond acceptors (Lipinski definition) is 3. The van der Waals surface area contributed by atoms with Crippen LogP contribution in [-0.4, -0.2) is 51.8 Å². The summed E-state index contributed by atoms with van der Waals surface area (Å²) in [5.74, 6) is 1.96. The molecule has 28 heavy (non-hydrogen) atoms. The number of methoxy groups -OCH3 is 2. The number of guanidine groups is 1. The lowest BCUT2D eigenvalue weighted by molar-refractivity contribution is 0.106. The van der Waals surface area contributed by atoms with Gasteiger partial charge in [-0.05, 0) is 41.8 Å². The second-order valence-corrected chi connectivity index (χ2v) is 6.91. The van der Waals surface area contributed by atoms with E-state index in [1.165, 1.54) is 17.7 Å². The topological polar surface area (TPSA) is 46.1 Å². The molecule has 150 valence electrons. The molecular formula is C22H28FN3O2. The molecule has 2 aromatic rings. The number of rotatable bonds is 6. The standard InChI is InChI=1S/C22H28FN3O2/c1-24-22(25-14-21(28-3)17-4-8-19(23)9-5-17)26-13-12-18(15-26)16-6-10-20(27-2)11-7-16/h4-11,18,21H,12-15H2,1-3H3,(H,24,25). The Bertz CT molecular complexity index is 777. The van der Waals surface area contributed by atoms with Gasteiger partial charge in [-0.1, -0.05) is 24.3 Å². The fourth-order valence-electron chi connectivity index (χ4n) is 3.63. The summed E-state index contributed by atoms with van der Waals surface area (Å²) in [7, 11) is 5.14. The lowest BCUT2D eigenvalue weighted by Crippen LogP contribution is -2.41. The molecule has 0 saturated carbocycles. The molecule has 1 saturated heterocycles. The first-order valence-electron chi connectivity index (χ1n) is 9.52. The van der Waals surface area contributed by atoms with Crippen molar-refractivity contribution in [3.8, 4) is 5.75 Å². The Morgan fingerprint density at radius 3 is 2.50 bits per heavy atom. The molecule has 5 nitrogen and oxygen atoms in total. The maximum Gasteiger partial charge on any atom is 0.193 e. The van der Waals surface area contributed by atoms with E-state index in [9.17, 15) is 4.39 Å². The third kappa shape index (κ3) is 4.81. The SMILES string of the molecule is CN=C(NCC(OC)c1ccc(F)cc1)N1CCC(c2ccc(OC)cc2)C1. The Morgan fingerprint density at radius 1 is 1.18 bits per heavy atom. The first kappa shape index (κ1) is 20.1. The van der Waals surface area contributed by atoms with Crippen molar-refractivity contribution in [1.82, 2.24) is 10.2 Å². The van der Waals surface area contributed by atoms with Gasteiger partial charge in [0.15, 0.2) is 5.96 Å². The molecule has 1 aliphatic rings. The van der Waals surface area contributed by atoms with E-state index in [-0.39, 0.29) is 11.9 Å². The normalized spacial score (nSPS) is 18.2. The maximum absolute atomic E-state index is 13.2. The highest BCUT2D eigenvalue weighted by Gasteiger charge is 2.26. The highest BCUT2D eigenvalue weighted by Crippen LogP contribution is 2.28. The van der Waals surface area contributed by atoms with Gasteiger partial charge in [-0.25, -0.2) is 4.39 Å². The summed E-state index contributed by atoms with van der Waals surface area (Å²) in [5.41, 5.74) is 2.25.